The molecule has 0 aliphatic carbocycles. The molecule has 4 rings (SSSR count). The Kier molecular flexibility index (Phi) is 4.08. The lowest BCUT2D eigenvalue weighted by Gasteiger charge is -2.17. The number of rotatable bonds is 5. The van der Waals surface area contributed by atoms with Crippen LogP contribution in [-0.4, -0.2) is 31.6 Å². The van der Waals surface area contributed by atoms with Gasteiger partial charge in [-0.2, -0.15) is 0 Å². The number of aliphatic carboxylic acids is 1. The third-order valence-electron chi connectivity index (χ3n) is 4.27. The first-order chi connectivity index (χ1) is 13.0. The second-order valence-corrected chi connectivity index (χ2v) is 6.14. The molecule has 0 bridgehead atoms. The Bertz CT molecular complexity index is 1160. The fourth-order valence-corrected chi connectivity index (χ4v) is 3.04. The highest BCUT2D eigenvalue weighted by Crippen LogP contribution is 2.20. The Balaban J connectivity index is 1.64. The number of amides is 1. The summed E-state index contributed by atoms with van der Waals surface area (Å²) in [4.78, 5) is 28.2. The summed E-state index contributed by atoms with van der Waals surface area (Å²) >= 11 is 0. The van der Waals surface area contributed by atoms with Crippen LogP contribution in [0.15, 0.2) is 54.6 Å². The monoisotopic (exact) mass is 366 g/mol. The second kappa shape index (κ2) is 6.56. The van der Waals surface area contributed by atoms with E-state index in [4.69, 9.17) is 5.11 Å². The smallest absolute Gasteiger partial charge is 0.305 e. The van der Waals surface area contributed by atoms with E-state index in [1.165, 1.54) is 18.2 Å². The average molecular weight is 366 g/mol. The van der Waals surface area contributed by atoms with Crippen LogP contribution in [0, 0.1) is 5.82 Å². The van der Waals surface area contributed by atoms with Gasteiger partial charge in [-0.15, -0.1) is 0 Å². The molecule has 0 saturated heterocycles. The van der Waals surface area contributed by atoms with Gasteiger partial charge in [0.25, 0.3) is 5.91 Å². The lowest BCUT2D eigenvalue weighted by Crippen LogP contribution is -2.30. The molecule has 2 aromatic carbocycles. The van der Waals surface area contributed by atoms with Crippen LogP contribution in [0.2, 0.25) is 0 Å². The van der Waals surface area contributed by atoms with E-state index in [1.807, 2.05) is 24.3 Å². The van der Waals surface area contributed by atoms with Crippen molar-refractivity contribution in [3.63, 3.8) is 0 Å². The highest BCUT2D eigenvalue weighted by molar-refractivity contribution is 5.95. The molecule has 0 saturated carbocycles. The van der Waals surface area contributed by atoms with Gasteiger partial charge in [0.2, 0.25) is 0 Å². The van der Waals surface area contributed by atoms with Gasteiger partial charge in [-0.25, -0.2) is 13.9 Å². The fraction of sp³-hybridized carbons (Fsp3) is 0.105. The normalized spacial score (nSPS) is 12.3. The summed E-state index contributed by atoms with van der Waals surface area (Å²) in [6.45, 7) is 0. The topological polar surface area (TPSA) is 99.5 Å². The van der Waals surface area contributed by atoms with Crippen molar-refractivity contribution in [2.75, 3.05) is 0 Å². The third kappa shape index (κ3) is 3.24. The van der Waals surface area contributed by atoms with Crippen molar-refractivity contribution >= 4 is 28.6 Å². The molecule has 0 radical (unpaired) electrons. The molecule has 1 atom stereocenters. The van der Waals surface area contributed by atoms with Gasteiger partial charge >= 0.3 is 5.97 Å². The molecule has 3 N–H and O–H groups in total. The quantitative estimate of drug-likeness (QED) is 0.506. The van der Waals surface area contributed by atoms with Crippen LogP contribution in [0.4, 0.5) is 4.39 Å². The lowest BCUT2D eigenvalue weighted by atomic mass is 10.0. The number of aromatic amines is 1. The van der Waals surface area contributed by atoms with Gasteiger partial charge in [0.15, 0.2) is 5.65 Å². The SMILES string of the molecule is O=C(O)CC(NC(=O)c1cc2nc3ccccc3n2[nH]1)c1cccc(F)c1. The summed E-state index contributed by atoms with van der Waals surface area (Å²) in [6.07, 6.45) is -0.365. The Morgan fingerprint density at radius 3 is 2.78 bits per heavy atom. The van der Waals surface area contributed by atoms with E-state index >= 15 is 0 Å². The van der Waals surface area contributed by atoms with Gasteiger partial charge in [0.05, 0.1) is 23.5 Å². The predicted molar refractivity (Wildman–Crippen MR) is 95.9 cm³/mol. The fourth-order valence-electron chi connectivity index (χ4n) is 3.04. The van der Waals surface area contributed by atoms with Crippen LogP contribution >= 0.6 is 0 Å². The number of halogens is 1. The summed E-state index contributed by atoms with van der Waals surface area (Å²) in [6, 6.07) is 13.7. The zero-order chi connectivity index (χ0) is 19.0. The molecule has 7 nitrogen and oxygen atoms in total. The number of hydrogen-bond acceptors (Lipinski definition) is 3. The van der Waals surface area contributed by atoms with E-state index in [1.54, 1.807) is 16.6 Å². The summed E-state index contributed by atoms with van der Waals surface area (Å²) in [5.74, 6) is -2.10. The Labute approximate surface area is 152 Å². The van der Waals surface area contributed by atoms with Crippen LogP contribution in [0.25, 0.3) is 16.7 Å². The maximum atomic E-state index is 13.5. The lowest BCUT2D eigenvalue weighted by molar-refractivity contribution is -0.137. The molecule has 8 heteroatoms. The van der Waals surface area contributed by atoms with Gasteiger partial charge in [-0.3, -0.25) is 14.7 Å². The highest BCUT2D eigenvalue weighted by Gasteiger charge is 2.21. The number of hydrogen-bond donors (Lipinski definition) is 3. The number of imidazole rings is 1. The van der Waals surface area contributed by atoms with Crippen molar-refractivity contribution in [2.45, 2.75) is 12.5 Å². The predicted octanol–water partition coefficient (Wildman–Crippen LogP) is 2.90. The Morgan fingerprint density at radius 1 is 1.19 bits per heavy atom. The van der Waals surface area contributed by atoms with Crippen molar-refractivity contribution in [3.05, 3.63) is 71.7 Å². The van der Waals surface area contributed by atoms with E-state index in [0.717, 1.165) is 11.0 Å². The molecule has 2 aromatic heterocycles. The number of carbonyl (C=O) groups is 2. The molecule has 0 aliphatic heterocycles. The third-order valence-corrected chi connectivity index (χ3v) is 4.27. The zero-order valence-corrected chi connectivity index (χ0v) is 14.0. The summed E-state index contributed by atoms with van der Waals surface area (Å²) in [5, 5.41) is 14.7. The van der Waals surface area contributed by atoms with Gasteiger partial charge in [0.1, 0.15) is 11.5 Å². The van der Waals surface area contributed by atoms with Crippen LogP contribution in [-0.2, 0) is 4.79 Å². The summed E-state index contributed by atoms with van der Waals surface area (Å²) in [7, 11) is 0. The van der Waals surface area contributed by atoms with Crippen LogP contribution < -0.4 is 5.32 Å². The number of carbonyl (C=O) groups excluding carboxylic acids is 1. The number of carboxylic acid groups (broad SMARTS) is 1. The molecule has 2 heterocycles. The maximum Gasteiger partial charge on any atom is 0.305 e. The van der Waals surface area contributed by atoms with Crippen LogP contribution in [0.3, 0.4) is 0 Å². The highest BCUT2D eigenvalue weighted by atomic mass is 19.1. The standard InChI is InChI=1S/C19H15FN4O3/c20-12-5-3-4-11(8-12)14(10-18(25)26)22-19(27)15-9-17-21-13-6-1-2-7-16(13)24(17)23-15/h1-9,14,23H,10H2,(H,22,27)(H,25,26). The largest absolute Gasteiger partial charge is 0.481 e. The van der Waals surface area contributed by atoms with Crippen LogP contribution in [0.5, 0.6) is 0 Å². The van der Waals surface area contributed by atoms with E-state index < -0.39 is 23.7 Å². The summed E-state index contributed by atoms with van der Waals surface area (Å²) < 4.78 is 15.2. The molecule has 136 valence electrons. The molecule has 4 aromatic rings. The van der Waals surface area contributed by atoms with Crippen molar-refractivity contribution < 1.29 is 19.1 Å². The molecule has 27 heavy (non-hydrogen) atoms. The molecule has 0 aliphatic rings. The molecular weight excluding hydrogens is 351 g/mol. The van der Waals surface area contributed by atoms with Crippen molar-refractivity contribution in [1.29, 1.82) is 0 Å². The number of H-pyrrole nitrogens is 1. The first kappa shape index (κ1) is 16.8. The number of aromatic nitrogens is 3. The van der Waals surface area contributed by atoms with Gasteiger partial charge in [-0.1, -0.05) is 24.3 Å². The minimum absolute atomic E-state index is 0.232. The zero-order valence-electron chi connectivity index (χ0n) is 14.0. The van der Waals surface area contributed by atoms with Crippen molar-refractivity contribution in [2.24, 2.45) is 0 Å². The number of nitrogens with zero attached hydrogens (tertiary/aromatic N) is 2. The number of para-hydroxylation sites is 2. The first-order valence-corrected chi connectivity index (χ1v) is 8.25. The van der Waals surface area contributed by atoms with E-state index in [9.17, 15) is 14.0 Å². The second-order valence-electron chi connectivity index (χ2n) is 6.14. The van der Waals surface area contributed by atoms with Gasteiger partial charge in [0, 0.05) is 6.07 Å². The van der Waals surface area contributed by atoms with E-state index in [2.05, 4.69) is 15.4 Å². The Morgan fingerprint density at radius 2 is 2.00 bits per heavy atom. The minimum atomic E-state index is -1.10. The molecule has 0 spiro atoms. The van der Waals surface area contributed by atoms with Crippen LogP contribution in [0.1, 0.15) is 28.5 Å². The molecule has 0 fully saturated rings. The number of fused-ring (bicyclic) bond motifs is 3. The number of nitrogens with one attached hydrogen (secondary N) is 2. The maximum absolute atomic E-state index is 13.5. The van der Waals surface area contributed by atoms with E-state index in [-0.39, 0.29) is 12.1 Å². The summed E-state index contributed by atoms with van der Waals surface area (Å²) in [5.41, 5.74) is 2.79. The Hall–Kier alpha value is -3.68. The number of carboxylic acids is 1. The average Bonchev–Trinajstić information content (AvgIpc) is 3.18. The molecular formula is C19H15FN4O3. The number of benzene rings is 2. The van der Waals surface area contributed by atoms with Crippen molar-refractivity contribution in [3.8, 4) is 0 Å². The molecule has 1 amide bonds. The molecule has 1 unspecified atom stereocenters. The van der Waals surface area contributed by atoms with Gasteiger partial charge < -0.3 is 10.4 Å². The van der Waals surface area contributed by atoms with Gasteiger partial charge in [-0.05, 0) is 29.8 Å². The van der Waals surface area contributed by atoms with Crippen molar-refractivity contribution in [1.82, 2.24) is 19.9 Å². The van der Waals surface area contributed by atoms with E-state index in [0.29, 0.717) is 11.2 Å². The first-order valence-electron chi connectivity index (χ1n) is 8.25. The minimum Gasteiger partial charge on any atom is -0.481 e.